The van der Waals surface area contributed by atoms with Crippen LogP contribution in [-0.4, -0.2) is 42.9 Å². The lowest BCUT2D eigenvalue weighted by atomic mass is 9.98. The maximum absolute atomic E-state index is 12.2. The van der Waals surface area contributed by atoms with Gasteiger partial charge < -0.3 is 14.4 Å². The molecule has 0 N–H and O–H groups in total. The summed E-state index contributed by atoms with van der Waals surface area (Å²) in [4.78, 5) is 14.2. The molecule has 4 nitrogen and oxygen atoms in total. The lowest BCUT2D eigenvalue weighted by Crippen LogP contribution is -2.48. The summed E-state index contributed by atoms with van der Waals surface area (Å²) in [6.07, 6.45) is 3.51. The molecular formula is C13H23NO3. The molecular weight excluding hydrogens is 218 g/mol. The fraction of sp³-hybridized carbons (Fsp3) is 0.923. The highest BCUT2D eigenvalue weighted by Crippen LogP contribution is 2.32. The van der Waals surface area contributed by atoms with Crippen LogP contribution in [0.3, 0.4) is 0 Å². The van der Waals surface area contributed by atoms with Gasteiger partial charge in [0.1, 0.15) is 0 Å². The first-order valence-corrected chi connectivity index (χ1v) is 6.77. The predicted molar refractivity (Wildman–Crippen MR) is 64.5 cm³/mol. The molecule has 0 atom stereocenters. The van der Waals surface area contributed by atoms with Crippen molar-refractivity contribution in [2.75, 3.05) is 26.3 Å². The van der Waals surface area contributed by atoms with Crippen molar-refractivity contribution >= 4 is 5.91 Å². The number of nitrogens with zero attached hydrogens (tertiary/aromatic N) is 1. The van der Waals surface area contributed by atoms with Gasteiger partial charge in [0.05, 0.1) is 13.2 Å². The molecule has 0 unspecified atom stereocenters. The van der Waals surface area contributed by atoms with Gasteiger partial charge >= 0.3 is 0 Å². The molecule has 2 heterocycles. The predicted octanol–water partition coefficient (Wildman–Crippen LogP) is 1.79. The van der Waals surface area contributed by atoms with Crippen molar-refractivity contribution in [3.63, 3.8) is 0 Å². The molecule has 98 valence electrons. The van der Waals surface area contributed by atoms with E-state index in [-0.39, 0.29) is 11.7 Å². The van der Waals surface area contributed by atoms with Gasteiger partial charge in [0.2, 0.25) is 5.91 Å². The van der Waals surface area contributed by atoms with Crippen LogP contribution in [0.25, 0.3) is 0 Å². The second-order valence-corrected chi connectivity index (χ2v) is 4.95. The quantitative estimate of drug-likeness (QED) is 0.756. The molecule has 2 aliphatic heterocycles. The molecule has 2 saturated heterocycles. The van der Waals surface area contributed by atoms with E-state index < -0.39 is 0 Å². The molecule has 1 amide bonds. The van der Waals surface area contributed by atoms with Crippen LogP contribution in [0.4, 0.5) is 0 Å². The first-order chi connectivity index (χ1) is 8.21. The lowest BCUT2D eigenvalue weighted by Gasteiger charge is -2.38. The number of hydrogen-bond acceptors (Lipinski definition) is 3. The van der Waals surface area contributed by atoms with Crippen LogP contribution in [0, 0.1) is 5.92 Å². The minimum atomic E-state index is -0.370. The Labute approximate surface area is 103 Å². The second kappa shape index (κ2) is 5.36. The highest BCUT2D eigenvalue weighted by atomic mass is 16.7. The van der Waals surface area contributed by atoms with E-state index in [4.69, 9.17) is 9.47 Å². The van der Waals surface area contributed by atoms with E-state index in [0.717, 1.165) is 38.8 Å². The smallest absolute Gasteiger partial charge is 0.225 e. The molecule has 0 aromatic rings. The highest BCUT2D eigenvalue weighted by molar-refractivity contribution is 5.78. The number of rotatable bonds is 3. The van der Waals surface area contributed by atoms with Gasteiger partial charge in [-0.05, 0) is 12.8 Å². The van der Waals surface area contributed by atoms with Gasteiger partial charge in [-0.3, -0.25) is 4.79 Å². The van der Waals surface area contributed by atoms with E-state index >= 15 is 0 Å². The average molecular weight is 241 g/mol. The van der Waals surface area contributed by atoms with Gasteiger partial charge in [-0.25, -0.2) is 0 Å². The van der Waals surface area contributed by atoms with Crippen LogP contribution in [0.5, 0.6) is 0 Å². The van der Waals surface area contributed by atoms with Crippen molar-refractivity contribution in [1.82, 2.24) is 4.90 Å². The number of hydrogen-bond donors (Lipinski definition) is 0. The van der Waals surface area contributed by atoms with E-state index in [9.17, 15) is 4.79 Å². The zero-order valence-corrected chi connectivity index (χ0v) is 10.9. The van der Waals surface area contributed by atoms with Crippen LogP contribution in [0.15, 0.2) is 0 Å². The van der Waals surface area contributed by atoms with Crippen LogP contribution in [-0.2, 0) is 14.3 Å². The summed E-state index contributed by atoms with van der Waals surface area (Å²) in [5.74, 6) is 0.127. The normalized spacial score (nSPS) is 23.6. The summed E-state index contributed by atoms with van der Waals surface area (Å²) < 4.78 is 11.3. The van der Waals surface area contributed by atoms with Crippen molar-refractivity contribution < 1.29 is 14.3 Å². The third-order valence-electron chi connectivity index (χ3n) is 3.99. The molecule has 0 saturated carbocycles. The molecule has 1 spiro atoms. The van der Waals surface area contributed by atoms with E-state index in [0.29, 0.717) is 19.1 Å². The maximum atomic E-state index is 12.2. The second-order valence-electron chi connectivity index (χ2n) is 4.95. The fourth-order valence-corrected chi connectivity index (χ4v) is 2.75. The first kappa shape index (κ1) is 12.8. The van der Waals surface area contributed by atoms with Crippen LogP contribution in [0.2, 0.25) is 0 Å². The van der Waals surface area contributed by atoms with Gasteiger partial charge in [0.15, 0.2) is 5.79 Å². The van der Waals surface area contributed by atoms with E-state index in [1.165, 1.54) is 0 Å². The minimum absolute atomic E-state index is 0.189. The largest absolute Gasteiger partial charge is 0.347 e. The van der Waals surface area contributed by atoms with Gasteiger partial charge in [-0.2, -0.15) is 0 Å². The standard InChI is InChI=1S/C13H23NO3/c1-3-11(4-2)12(15)14-7-5-13(6-8-14)16-9-10-17-13/h11H,3-10H2,1-2H3. The Morgan fingerprint density at radius 3 is 2.18 bits per heavy atom. The third kappa shape index (κ3) is 2.63. The van der Waals surface area contributed by atoms with E-state index in [2.05, 4.69) is 13.8 Å². The number of amides is 1. The van der Waals surface area contributed by atoms with E-state index in [1.54, 1.807) is 0 Å². The van der Waals surface area contributed by atoms with Gasteiger partial charge in [-0.15, -0.1) is 0 Å². The van der Waals surface area contributed by atoms with Crippen LogP contribution < -0.4 is 0 Å². The molecule has 0 bridgehead atoms. The summed E-state index contributed by atoms with van der Waals surface area (Å²) in [6.45, 7) is 7.10. The number of carbonyl (C=O) groups is 1. The number of carbonyl (C=O) groups excluding carboxylic acids is 1. The number of likely N-dealkylation sites (tertiary alicyclic amines) is 1. The highest BCUT2D eigenvalue weighted by Gasteiger charge is 2.41. The third-order valence-corrected chi connectivity index (χ3v) is 3.99. The van der Waals surface area contributed by atoms with Crippen molar-refractivity contribution in [1.29, 1.82) is 0 Å². The number of ether oxygens (including phenoxy) is 2. The van der Waals surface area contributed by atoms with Gasteiger partial charge in [-0.1, -0.05) is 13.8 Å². The van der Waals surface area contributed by atoms with Crippen molar-refractivity contribution in [3.05, 3.63) is 0 Å². The minimum Gasteiger partial charge on any atom is -0.347 e. The van der Waals surface area contributed by atoms with Gasteiger partial charge in [0.25, 0.3) is 0 Å². The Kier molecular flexibility index (Phi) is 4.05. The Balaban J connectivity index is 1.88. The summed E-state index contributed by atoms with van der Waals surface area (Å²) in [5.41, 5.74) is 0. The molecule has 4 heteroatoms. The summed E-state index contributed by atoms with van der Waals surface area (Å²) in [6, 6.07) is 0. The van der Waals surface area contributed by atoms with E-state index in [1.807, 2.05) is 4.90 Å². The Hall–Kier alpha value is -0.610. The fourth-order valence-electron chi connectivity index (χ4n) is 2.75. The molecule has 0 aromatic carbocycles. The average Bonchev–Trinajstić information content (AvgIpc) is 2.80. The Morgan fingerprint density at radius 2 is 1.71 bits per heavy atom. The molecule has 0 radical (unpaired) electrons. The zero-order valence-electron chi connectivity index (χ0n) is 10.9. The summed E-state index contributed by atoms with van der Waals surface area (Å²) in [7, 11) is 0. The molecule has 2 rings (SSSR count). The SMILES string of the molecule is CCC(CC)C(=O)N1CCC2(CC1)OCCO2. The topological polar surface area (TPSA) is 38.8 Å². The molecule has 2 aliphatic rings. The number of piperidine rings is 1. The molecule has 2 fully saturated rings. The van der Waals surface area contributed by atoms with Crippen LogP contribution in [0.1, 0.15) is 39.5 Å². The van der Waals surface area contributed by atoms with Crippen molar-refractivity contribution in [3.8, 4) is 0 Å². The summed E-state index contributed by atoms with van der Waals surface area (Å²) in [5, 5.41) is 0. The maximum Gasteiger partial charge on any atom is 0.225 e. The molecule has 17 heavy (non-hydrogen) atoms. The lowest BCUT2D eigenvalue weighted by molar-refractivity contribution is -0.188. The Morgan fingerprint density at radius 1 is 1.18 bits per heavy atom. The van der Waals surface area contributed by atoms with Crippen LogP contribution >= 0.6 is 0 Å². The molecule has 0 aromatic heterocycles. The van der Waals surface area contributed by atoms with Crippen molar-refractivity contribution in [2.45, 2.75) is 45.3 Å². The summed E-state index contributed by atoms with van der Waals surface area (Å²) >= 11 is 0. The monoisotopic (exact) mass is 241 g/mol. The van der Waals surface area contributed by atoms with Crippen molar-refractivity contribution in [2.24, 2.45) is 5.92 Å². The van der Waals surface area contributed by atoms with Gasteiger partial charge in [0, 0.05) is 31.8 Å². The molecule has 0 aliphatic carbocycles. The Bertz CT molecular complexity index is 260. The zero-order chi connectivity index (χ0) is 12.3. The first-order valence-electron chi connectivity index (χ1n) is 6.77.